The molecule has 5 aromatic carbocycles. The Labute approximate surface area is 195 Å². The Morgan fingerprint density at radius 3 is 2.35 bits per heavy atom. The molecule has 0 spiro atoms. The normalized spacial score (nSPS) is 12.1. The molecule has 0 fully saturated rings. The van der Waals surface area contributed by atoms with Crippen LogP contribution in [0.2, 0.25) is 0 Å². The van der Waals surface area contributed by atoms with Gasteiger partial charge in [-0.1, -0.05) is 66.7 Å². The smallest absolute Gasteiger partial charge is 0.0723 e. The van der Waals surface area contributed by atoms with E-state index in [1.165, 1.54) is 54.6 Å². The van der Waals surface area contributed by atoms with E-state index < -0.39 is 0 Å². The van der Waals surface area contributed by atoms with Crippen molar-refractivity contribution in [3.63, 3.8) is 0 Å². The van der Waals surface area contributed by atoms with E-state index in [0.717, 1.165) is 11.1 Å². The third-order valence-electron chi connectivity index (χ3n) is 7.15. The molecule has 158 valence electrons. The van der Waals surface area contributed by atoms with E-state index in [2.05, 4.69) is 117 Å². The fraction of sp³-hybridized carbons (Fsp3) is 0. The van der Waals surface area contributed by atoms with E-state index in [1.807, 2.05) is 12.4 Å². The quantitative estimate of drug-likeness (QED) is 0.254. The standard InChI is InChI=1S/C31H19N3/c1-2-9-23(10-3-1)33-16-15-21-17-27-30-25(31(21)33)14-13-20-8-6-12-26(29(20)30)34(27)28-19-32-18-22-7-4-5-11-24(22)28/h1-19H. The maximum Gasteiger partial charge on any atom is 0.0723 e. The van der Waals surface area contributed by atoms with Gasteiger partial charge in [0.15, 0.2) is 0 Å². The zero-order valence-corrected chi connectivity index (χ0v) is 18.3. The highest BCUT2D eigenvalue weighted by Crippen LogP contribution is 2.43. The minimum Gasteiger partial charge on any atom is -0.316 e. The molecular weight excluding hydrogens is 414 g/mol. The number of hydrogen-bond acceptors (Lipinski definition) is 1. The summed E-state index contributed by atoms with van der Waals surface area (Å²) in [5.74, 6) is 0. The summed E-state index contributed by atoms with van der Waals surface area (Å²) in [6, 6.07) is 34.8. The first-order chi connectivity index (χ1) is 16.9. The molecule has 8 aromatic rings. The first kappa shape index (κ1) is 17.9. The van der Waals surface area contributed by atoms with E-state index >= 15 is 0 Å². The van der Waals surface area contributed by atoms with Crippen LogP contribution in [0.3, 0.4) is 0 Å². The molecule has 0 N–H and O–H groups in total. The Balaban J connectivity index is 1.60. The first-order valence-corrected chi connectivity index (χ1v) is 11.6. The van der Waals surface area contributed by atoms with Crippen LogP contribution >= 0.6 is 0 Å². The van der Waals surface area contributed by atoms with E-state index in [4.69, 9.17) is 0 Å². The lowest BCUT2D eigenvalue weighted by Crippen LogP contribution is -1.96. The zero-order chi connectivity index (χ0) is 22.2. The average molecular weight is 434 g/mol. The molecule has 0 radical (unpaired) electrons. The van der Waals surface area contributed by atoms with Crippen molar-refractivity contribution in [3.8, 4) is 11.4 Å². The van der Waals surface area contributed by atoms with Crippen LogP contribution in [0.5, 0.6) is 0 Å². The van der Waals surface area contributed by atoms with Crippen LogP contribution in [-0.2, 0) is 0 Å². The number of para-hydroxylation sites is 1. The molecule has 3 heteroatoms. The van der Waals surface area contributed by atoms with Gasteiger partial charge in [0.25, 0.3) is 0 Å². The van der Waals surface area contributed by atoms with Crippen LogP contribution in [0.25, 0.3) is 65.6 Å². The highest BCUT2D eigenvalue weighted by Gasteiger charge is 2.21. The number of nitrogens with zero attached hydrogens (tertiary/aromatic N) is 3. The van der Waals surface area contributed by atoms with Crippen LogP contribution in [0.1, 0.15) is 0 Å². The largest absolute Gasteiger partial charge is 0.316 e. The molecule has 8 rings (SSSR count). The fourth-order valence-electron chi connectivity index (χ4n) is 5.73. The lowest BCUT2D eigenvalue weighted by atomic mass is 10.0. The summed E-state index contributed by atoms with van der Waals surface area (Å²) in [5.41, 5.74) is 5.98. The second kappa shape index (κ2) is 6.46. The van der Waals surface area contributed by atoms with Gasteiger partial charge < -0.3 is 9.13 Å². The van der Waals surface area contributed by atoms with Crippen molar-refractivity contribution in [2.24, 2.45) is 0 Å². The summed E-state index contributed by atoms with van der Waals surface area (Å²) in [7, 11) is 0. The van der Waals surface area contributed by atoms with Crippen molar-refractivity contribution in [2.75, 3.05) is 0 Å². The van der Waals surface area contributed by atoms with E-state index in [0.29, 0.717) is 0 Å². The van der Waals surface area contributed by atoms with Crippen LogP contribution in [-0.4, -0.2) is 14.1 Å². The molecular formula is C31H19N3. The van der Waals surface area contributed by atoms with Gasteiger partial charge in [-0.25, -0.2) is 0 Å². The highest BCUT2D eigenvalue weighted by atomic mass is 15.0. The Morgan fingerprint density at radius 1 is 0.559 bits per heavy atom. The van der Waals surface area contributed by atoms with Gasteiger partial charge >= 0.3 is 0 Å². The summed E-state index contributed by atoms with van der Waals surface area (Å²) in [4.78, 5) is 4.61. The van der Waals surface area contributed by atoms with Gasteiger partial charge in [-0.2, -0.15) is 0 Å². The number of rotatable bonds is 2. The summed E-state index contributed by atoms with van der Waals surface area (Å²) in [6.45, 7) is 0. The monoisotopic (exact) mass is 433 g/mol. The van der Waals surface area contributed by atoms with Gasteiger partial charge in [0.05, 0.1) is 28.4 Å². The zero-order valence-electron chi connectivity index (χ0n) is 18.3. The third-order valence-corrected chi connectivity index (χ3v) is 7.15. The van der Waals surface area contributed by atoms with Crippen molar-refractivity contribution >= 4 is 54.3 Å². The number of aromatic nitrogens is 3. The average Bonchev–Trinajstić information content (AvgIpc) is 3.47. The Hall–Kier alpha value is -4.63. The van der Waals surface area contributed by atoms with Gasteiger partial charge in [0, 0.05) is 50.4 Å². The molecule has 0 aliphatic heterocycles. The van der Waals surface area contributed by atoms with Gasteiger partial charge in [0.2, 0.25) is 0 Å². The Morgan fingerprint density at radius 2 is 1.41 bits per heavy atom. The molecule has 0 aliphatic carbocycles. The summed E-state index contributed by atoms with van der Waals surface area (Å²) < 4.78 is 4.71. The third kappa shape index (κ3) is 2.23. The number of hydrogen-bond donors (Lipinski definition) is 0. The van der Waals surface area contributed by atoms with E-state index in [-0.39, 0.29) is 0 Å². The summed E-state index contributed by atoms with van der Waals surface area (Å²) >= 11 is 0. The molecule has 3 nitrogen and oxygen atoms in total. The first-order valence-electron chi connectivity index (χ1n) is 11.6. The number of benzene rings is 5. The van der Waals surface area contributed by atoms with Crippen molar-refractivity contribution in [1.29, 1.82) is 0 Å². The number of fused-ring (bicyclic) bond motifs is 3. The van der Waals surface area contributed by atoms with E-state index in [1.54, 1.807) is 0 Å². The molecule has 34 heavy (non-hydrogen) atoms. The minimum absolute atomic E-state index is 1.12. The van der Waals surface area contributed by atoms with Crippen molar-refractivity contribution in [1.82, 2.24) is 14.1 Å². The molecule has 0 unspecified atom stereocenters. The van der Waals surface area contributed by atoms with Crippen LogP contribution in [0, 0.1) is 0 Å². The minimum atomic E-state index is 1.12. The molecule has 0 bridgehead atoms. The van der Waals surface area contributed by atoms with Crippen molar-refractivity contribution in [2.45, 2.75) is 0 Å². The van der Waals surface area contributed by atoms with Gasteiger partial charge in [-0.05, 0) is 35.7 Å². The molecule has 0 saturated heterocycles. The lowest BCUT2D eigenvalue weighted by Gasteiger charge is -2.12. The topological polar surface area (TPSA) is 22.8 Å². The lowest BCUT2D eigenvalue weighted by molar-refractivity contribution is 1.13. The van der Waals surface area contributed by atoms with Crippen LogP contribution in [0.15, 0.2) is 116 Å². The molecule has 0 atom stereocenters. The summed E-state index contributed by atoms with van der Waals surface area (Å²) in [5, 5.41) is 8.75. The fourth-order valence-corrected chi connectivity index (χ4v) is 5.73. The van der Waals surface area contributed by atoms with Crippen molar-refractivity contribution < 1.29 is 0 Å². The SMILES string of the molecule is c1ccc(-n2ccc3cc4c5c(ccc6cccc(c65)n4-c4cncc5ccccc45)c32)cc1. The van der Waals surface area contributed by atoms with Crippen LogP contribution < -0.4 is 0 Å². The summed E-state index contributed by atoms with van der Waals surface area (Å²) in [6.07, 6.45) is 6.13. The molecule has 0 amide bonds. The van der Waals surface area contributed by atoms with E-state index in [9.17, 15) is 0 Å². The molecule has 3 aromatic heterocycles. The second-order valence-electron chi connectivity index (χ2n) is 8.93. The van der Waals surface area contributed by atoms with Gasteiger partial charge in [-0.3, -0.25) is 4.98 Å². The van der Waals surface area contributed by atoms with Gasteiger partial charge in [-0.15, -0.1) is 0 Å². The highest BCUT2D eigenvalue weighted by molar-refractivity contribution is 6.29. The number of pyridine rings is 1. The predicted octanol–water partition coefficient (Wildman–Crippen LogP) is 7.87. The second-order valence-corrected chi connectivity index (χ2v) is 8.93. The molecule has 0 saturated carbocycles. The predicted molar refractivity (Wildman–Crippen MR) is 142 cm³/mol. The Bertz CT molecular complexity index is 2000. The molecule has 3 heterocycles. The van der Waals surface area contributed by atoms with Gasteiger partial charge in [0.1, 0.15) is 0 Å². The maximum atomic E-state index is 4.61. The van der Waals surface area contributed by atoms with Crippen LogP contribution in [0.4, 0.5) is 0 Å². The Kier molecular flexibility index (Phi) is 3.39. The molecule has 0 aliphatic rings. The van der Waals surface area contributed by atoms with Crippen molar-refractivity contribution in [3.05, 3.63) is 116 Å². The maximum absolute atomic E-state index is 4.61.